The van der Waals surface area contributed by atoms with E-state index in [2.05, 4.69) is 47.8 Å². The van der Waals surface area contributed by atoms with Gasteiger partial charge in [-0.1, -0.05) is 6.07 Å². The number of nitrogens with zero attached hydrogens (tertiary/aromatic N) is 6. The van der Waals surface area contributed by atoms with Gasteiger partial charge in [0.25, 0.3) is 0 Å². The minimum atomic E-state index is -3.40. The highest BCUT2D eigenvalue weighted by atomic mass is 32.2. The van der Waals surface area contributed by atoms with Gasteiger partial charge in [0.2, 0.25) is 10.0 Å². The van der Waals surface area contributed by atoms with E-state index in [1.807, 2.05) is 48.9 Å². The molecule has 0 saturated carbocycles. The molecule has 1 saturated heterocycles. The summed E-state index contributed by atoms with van der Waals surface area (Å²) in [6.45, 7) is 5.96. The second-order valence-electron chi connectivity index (χ2n) is 8.85. The van der Waals surface area contributed by atoms with Gasteiger partial charge in [0.15, 0.2) is 5.11 Å². The van der Waals surface area contributed by atoms with Crippen LogP contribution in [0, 0.1) is 20.8 Å². The highest BCUT2D eigenvalue weighted by Crippen LogP contribution is 2.43. The Labute approximate surface area is 215 Å². The molecule has 36 heavy (non-hydrogen) atoms. The minimum Gasteiger partial charge on any atom is -0.351 e. The van der Waals surface area contributed by atoms with Crippen molar-refractivity contribution in [3.8, 4) is 0 Å². The normalized spacial score (nSPS) is 17.9. The van der Waals surface area contributed by atoms with Crippen LogP contribution in [0.4, 0.5) is 11.4 Å². The lowest BCUT2D eigenvalue weighted by Gasteiger charge is -2.28. The average Bonchev–Trinajstić information content (AvgIpc) is 3.53. The second kappa shape index (κ2) is 9.03. The first-order valence-electron chi connectivity index (χ1n) is 11.3. The number of anilines is 2. The monoisotopic (exact) mass is 522 g/mol. The maximum Gasteiger partial charge on any atom is 0.229 e. The maximum atomic E-state index is 11.8. The van der Waals surface area contributed by atoms with Crippen LogP contribution in [0.1, 0.15) is 40.3 Å². The number of thiocarbonyl (C=S) groups is 1. The molecule has 0 spiro atoms. The van der Waals surface area contributed by atoms with Crippen LogP contribution in [0.15, 0.2) is 61.3 Å². The van der Waals surface area contributed by atoms with Gasteiger partial charge in [-0.2, -0.15) is 0 Å². The van der Waals surface area contributed by atoms with Gasteiger partial charge in [-0.05, 0) is 75.0 Å². The summed E-state index contributed by atoms with van der Waals surface area (Å²) >= 11 is 5.85. The van der Waals surface area contributed by atoms with Crippen molar-refractivity contribution in [1.29, 1.82) is 0 Å². The largest absolute Gasteiger partial charge is 0.351 e. The van der Waals surface area contributed by atoms with E-state index in [1.165, 1.54) is 0 Å². The fourth-order valence-corrected chi connectivity index (χ4v) is 5.77. The first-order valence-corrected chi connectivity index (χ1v) is 13.6. The Bertz CT molecular complexity index is 1530. The van der Waals surface area contributed by atoms with E-state index in [0.29, 0.717) is 10.8 Å². The number of aryl methyl sites for hydroxylation is 2. The van der Waals surface area contributed by atoms with Crippen molar-refractivity contribution in [2.24, 2.45) is 0 Å². The quantitative estimate of drug-likeness (QED) is 0.372. The molecule has 4 aromatic rings. The van der Waals surface area contributed by atoms with Crippen molar-refractivity contribution >= 4 is 38.7 Å². The topological polar surface area (TPSA) is 110 Å². The second-order valence-corrected chi connectivity index (χ2v) is 11.0. The SMILES string of the molecule is Cc1cc(N2C(=S)N[C@@H](c3ccccn3)[C@@H]2c2cc(C)n(-n3cnnc3)c2C)ccc1NS(C)(=O)=O. The smallest absolute Gasteiger partial charge is 0.229 e. The van der Waals surface area contributed by atoms with E-state index in [9.17, 15) is 8.42 Å². The van der Waals surface area contributed by atoms with Crippen molar-refractivity contribution in [3.05, 3.63) is 89.5 Å². The van der Waals surface area contributed by atoms with Crippen LogP contribution >= 0.6 is 12.2 Å². The zero-order valence-electron chi connectivity index (χ0n) is 20.2. The Morgan fingerprint density at radius 2 is 1.81 bits per heavy atom. The molecule has 186 valence electrons. The Morgan fingerprint density at radius 1 is 1.06 bits per heavy atom. The number of sulfonamides is 1. The van der Waals surface area contributed by atoms with Crippen molar-refractivity contribution in [1.82, 2.24) is 29.9 Å². The molecule has 10 nitrogen and oxygen atoms in total. The molecule has 2 N–H and O–H groups in total. The van der Waals surface area contributed by atoms with Gasteiger partial charge < -0.3 is 10.2 Å². The molecule has 3 aromatic heterocycles. The number of benzene rings is 1. The van der Waals surface area contributed by atoms with Crippen LogP contribution in [0.5, 0.6) is 0 Å². The van der Waals surface area contributed by atoms with Gasteiger partial charge >= 0.3 is 0 Å². The molecule has 5 rings (SSSR count). The van der Waals surface area contributed by atoms with Crippen LogP contribution in [-0.2, 0) is 10.0 Å². The van der Waals surface area contributed by atoms with Crippen molar-refractivity contribution < 1.29 is 8.42 Å². The lowest BCUT2D eigenvalue weighted by molar-refractivity contribution is 0.557. The highest BCUT2D eigenvalue weighted by molar-refractivity contribution is 7.92. The third-order valence-corrected chi connectivity index (χ3v) is 7.18. The molecule has 0 unspecified atom stereocenters. The van der Waals surface area contributed by atoms with E-state index in [-0.39, 0.29) is 12.1 Å². The lowest BCUT2D eigenvalue weighted by atomic mass is 9.96. The molecule has 0 aliphatic carbocycles. The average molecular weight is 523 g/mol. The van der Waals surface area contributed by atoms with Crippen molar-refractivity contribution in [2.75, 3.05) is 15.9 Å². The van der Waals surface area contributed by atoms with Crippen LogP contribution in [0.3, 0.4) is 0 Å². The van der Waals surface area contributed by atoms with Gasteiger partial charge in [0.05, 0.1) is 29.7 Å². The first kappa shape index (κ1) is 23.9. The van der Waals surface area contributed by atoms with Crippen molar-refractivity contribution in [3.63, 3.8) is 0 Å². The fraction of sp³-hybridized carbons (Fsp3) is 0.250. The zero-order valence-corrected chi connectivity index (χ0v) is 21.9. The van der Waals surface area contributed by atoms with Gasteiger partial charge in [0, 0.05) is 28.8 Å². The summed E-state index contributed by atoms with van der Waals surface area (Å²) in [6, 6.07) is 13.1. The molecule has 12 heteroatoms. The van der Waals surface area contributed by atoms with Crippen LogP contribution in [-0.4, -0.2) is 44.3 Å². The van der Waals surface area contributed by atoms with Gasteiger partial charge in [-0.3, -0.25) is 14.4 Å². The van der Waals surface area contributed by atoms with Crippen LogP contribution in [0.25, 0.3) is 0 Å². The Hall–Kier alpha value is -3.77. The molecule has 1 aliphatic rings. The van der Waals surface area contributed by atoms with E-state index >= 15 is 0 Å². The molecule has 1 fully saturated rings. The third-order valence-electron chi connectivity index (χ3n) is 6.27. The van der Waals surface area contributed by atoms with E-state index < -0.39 is 10.0 Å². The predicted molar refractivity (Wildman–Crippen MR) is 142 cm³/mol. The Kier molecular flexibility index (Phi) is 6.00. The molecule has 0 radical (unpaired) electrons. The molecule has 1 aliphatic heterocycles. The molecule has 0 bridgehead atoms. The van der Waals surface area contributed by atoms with Crippen LogP contribution < -0.4 is 14.9 Å². The zero-order chi connectivity index (χ0) is 25.6. The summed E-state index contributed by atoms with van der Waals surface area (Å²) in [6.07, 6.45) is 6.23. The molecule has 0 amide bonds. The summed E-state index contributed by atoms with van der Waals surface area (Å²) in [5.41, 5.74) is 6.14. The summed E-state index contributed by atoms with van der Waals surface area (Å²) in [5, 5.41) is 12.0. The predicted octanol–water partition coefficient (Wildman–Crippen LogP) is 3.26. The van der Waals surface area contributed by atoms with E-state index in [4.69, 9.17) is 12.2 Å². The molecular formula is C24H26N8O2S2. The van der Waals surface area contributed by atoms with E-state index in [0.717, 1.165) is 40.2 Å². The first-order chi connectivity index (χ1) is 17.1. The van der Waals surface area contributed by atoms with Gasteiger partial charge in [-0.25, -0.2) is 13.1 Å². The number of hydrogen-bond acceptors (Lipinski definition) is 6. The van der Waals surface area contributed by atoms with Gasteiger partial charge in [-0.15, -0.1) is 10.2 Å². The third kappa shape index (κ3) is 4.33. The van der Waals surface area contributed by atoms with Crippen LogP contribution in [0.2, 0.25) is 0 Å². The summed E-state index contributed by atoms with van der Waals surface area (Å²) in [4.78, 5) is 6.70. The maximum absolute atomic E-state index is 11.8. The summed E-state index contributed by atoms with van der Waals surface area (Å²) in [7, 11) is -3.40. The van der Waals surface area contributed by atoms with Crippen molar-refractivity contribution in [2.45, 2.75) is 32.9 Å². The number of hydrogen-bond donors (Lipinski definition) is 2. The highest BCUT2D eigenvalue weighted by Gasteiger charge is 2.42. The Balaban J connectivity index is 1.64. The molecule has 2 atom stereocenters. The number of pyridine rings is 1. The summed E-state index contributed by atoms with van der Waals surface area (Å²) in [5.74, 6) is 0. The minimum absolute atomic E-state index is 0.206. The fourth-order valence-electron chi connectivity index (χ4n) is 4.79. The number of aromatic nitrogens is 5. The number of rotatable bonds is 6. The standard InChI is InChI=1S/C24H26N8O2S2/c1-15-11-18(8-9-20(15)29-36(4,33)34)31-23(22(28-24(31)35)21-7-5-6-10-25-21)19-12-16(2)32(17(19)3)30-13-26-27-14-30/h5-14,22-23,29H,1-4H3,(H,28,35)/t22-,23-/m0/s1. The lowest BCUT2D eigenvalue weighted by Crippen LogP contribution is -2.29. The Morgan fingerprint density at radius 3 is 2.44 bits per heavy atom. The summed E-state index contributed by atoms with van der Waals surface area (Å²) < 4.78 is 30.0. The number of nitrogens with one attached hydrogen (secondary N) is 2. The van der Waals surface area contributed by atoms with E-state index in [1.54, 1.807) is 24.9 Å². The molecular weight excluding hydrogens is 496 g/mol. The molecule has 4 heterocycles. The molecule has 1 aromatic carbocycles. The van der Waals surface area contributed by atoms with Gasteiger partial charge in [0.1, 0.15) is 12.7 Å².